The minimum atomic E-state index is -0.0516. The minimum Gasteiger partial charge on any atom is -0.497 e. The molecular formula is C17H22N2O2. The predicted molar refractivity (Wildman–Crippen MR) is 82.6 cm³/mol. The summed E-state index contributed by atoms with van der Waals surface area (Å²) in [5.41, 5.74) is 5.35. The molecule has 2 aliphatic rings. The van der Waals surface area contributed by atoms with Crippen LogP contribution in [0.1, 0.15) is 32.3 Å². The van der Waals surface area contributed by atoms with Gasteiger partial charge in [-0.3, -0.25) is 4.79 Å². The van der Waals surface area contributed by atoms with Crippen LogP contribution < -0.4 is 10.2 Å². The summed E-state index contributed by atoms with van der Waals surface area (Å²) in [6, 6.07) is 8.13. The van der Waals surface area contributed by atoms with Crippen LogP contribution in [0.25, 0.3) is 0 Å². The molecule has 1 aliphatic carbocycles. The van der Waals surface area contributed by atoms with E-state index in [1.165, 1.54) is 0 Å². The number of carbonyl (C=O) groups is 1. The number of fused-ring (bicyclic) bond motifs is 1. The highest BCUT2D eigenvalue weighted by Gasteiger charge is 2.45. The van der Waals surface area contributed by atoms with Crippen LogP contribution >= 0.6 is 0 Å². The van der Waals surface area contributed by atoms with Crippen LogP contribution in [0.4, 0.5) is 0 Å². The van der Waals surface area contributed by atoms with E-state index < -0.39 is 0 Å². The van der Waals surface area contributed by atoms with Gasteiger partial charge >= 0.3 is 0 Å². The molecular weight excluding hydrogens is 264 g/mol. The number of methoxy groups -OCH3 is 1. The van der Waals surface area contributed by atoms with Gasteiger partial charge in [0.1, 0.15) is 11.5 Å². The van der Waals surface area contributed by atoms with Gasteiger partial charge in [0.15, 0.2) is 0 Å². The molecule has 0 spiro atoms. The average molecular weight is 286 g/mol. The summed E-state index contributed by atoms with van der Waals surface area (Å²) < 4.78 is 5.25. The van der Waals surface area contributed by atoms with Crippen molar-refractivity contribution in [3.05, 3.63) is 29.8 Å². The van der Waals surface area contributed by atoms with E-state index in [1.807, 2.05) is 18.2 Å². The maximum atomic E-state index is 12.5. The van der Waals surface area contributed by atoms with Crippen molar-refractivity contribution in [2.45, 2.75) is 39.2 Å². The fraction of sp³-hybridized carbons (Fsp3) is 0.529. The molecule has 1 aliphatic heterocycles. The monoisotopic (exact) mass is 286 g/mol. The lowest BCUT2D eigenvalue weighted by Crippen LogP contribution is -2.45. The first-order valence-corrected chi connectivity index (χ1v) is 7.46. The Labute approximate surface area is 125 Å². The van der Waals surface area contributed by atoms with Gasteiger partial charge in [0.05, 0.1) is 24.8 Å². The van der Waals surface area contributed by atoms with Gasteiger partial charge in [0.2, 0.25) is 0 Å². The highest BCUT2D eigenvalue weighted by molar-refractivity contribution is 6.08. The predicted octanol–water partition coefficient (Wildman–Crippen LogP) is 2.57. The number of hydrogen-bond donors (Lipinski definition) is 1. The van der Waals surface area contributed by atoms with Gasteiger partial charge in [-0.1, -0.05) is 26.0 Å². The Morgan fingerprint density at radius 2 is 2.24 bits per heavy atom. The summed E-state index contributed by atoms with van der Waals surface area (Å²) >= 11 is 0. The number of hydrazone groups is 1. The van der Waals surface area contributed by atoms with Gasteiger partial charge in [0, 0.05) is 12.8 Å². The summed E-state index contributed by atoms with van der Waals surface area (Å²) in [6.45, 7) is 4.31. The number of benzene rings is 1. The smallest absolute Gasteiger partial charge is 0.144 e. The van der Waals surface area contributed by atoms with Crippen LogP contribution in [-0.2, 0) is 11.2 Å². The van der Waals surface area contributed by atoms with E-state index in [1.54, 1.807) is 7.11 Å². The molecule has 1 aromatic rings. The normalized spacial score (nSPS) is 26.8. The first-order valence-electron chi connectivity index (χ1n) is 7.46. The third kappa shape index (κ3) is 2.80. The van der Waals surface area contributed by atoms with Gasteiger partial charge in [0.25, 0.3) is 0 Å². The first kappa shape index (κ1) is 14.1. The molecule has 0 saturated heterocycles. The summed E-state index contributed by atoms with van der Waals surface area (Å²) in [6.07, 6.45) is 2.35. The van der Waals surface area contributed by atoms with E-state index in [0.717, 1.165) is 23.4 Å². The lowest BCUT2D eigenvalue weighted by atomic mass is 9.68. The largest absolute Gasteiger partial charge is 0.497 e. The number of nitrogens with zero attached hydrogens (tertiary/aromatic N) is 1. The Morgan fingerprint density at radius 1 is 1.43 bits per heavy atom. The molecule has 0 radical (unpaired) electrons. The van der Waals surface area contributed by atoms with Crippen molar-refractivity contribution in [3.8, 4) is 5.75 Å². The molecule has 0 aromatic heterocycles. The molecule has 112 valence electrons. The Balaban J connectivity index is 1.77. The molecule has 1 N–H and O–H groups in total. The molecule has 4 heteroatoms. The highest BCUT2D eigenvalue weighted by Crippen LogP contribution is 2.39. The molecule has 0 amide bonds. The van der Waals surface area contributed by atoms with Crippen molar-refractivity contribution in [2.24, 2.45) is 16.4 Å². The Hall–Kier alpha value is -1.84. The average Bonchev–Trinajstić information content (AvgIpc) is 2.80. The van der Waals surface area contributed by atoms with Crippen LogP contribution in [0.5, 0.6) is 5.75 Å². The molecule has 0 bridgehead atoms. The Morgan fingerprint density at radius 3 is 3.00 bits per heavy atom. The number of ketones is 1. The summed E-state index contributed by atoms with van der Waals surface area (Å²) in [4.78, 5) is 12.5. The number of nitrogens with one attached hydrogen (secondary N) is 1. The van der Waals surface area contributed by atoms with Crippen LogP contribution in [0.15, 0.2) is 29.4 Å². The van der Waals surface area contributed by atoms with Crippen molar-refractivity contribution in [1.29, 1.82) is 0 Å². The maximum Gasteiger partial charge on any atom is 0.144 e. The van der Waals surface area contributed by atoms with Crippen LogP contribution in [0.3, 0.4) is 0 Å². The second-order valence-electron chi connectivity index (χ2n) is 6.86. The molecule has 1 heterocycles. The number of Topliss-reactive ketones (excluding diaryl/α,β-unsaturated/α-hetero) is 1. The second kappa shape index (κ2) is 5.17. The Kier molecular flexibility index (Phi) is 3.47. The van der Waals surface area contributed by atoms with E-state index in [9.17, 15) is 4.79 Å². The molecule has 21 heavy (non-hydrogen) atoms. The van der Waals surface area contributed by atoms with E-state index in [2.05, 4.69) is 30.4 Å². The molecule has 0 unspecified atom stereocenters. The molecule has 2 atom stereocenters. The first-order chi connectivity index (χ1) is 9.98. The second-order valence-corrected chi connectivity index (χ2v) is 6.86. The third-order valence-corrected chi connectivity index (χ3v) is 4.43. The van der Waals surface area contributed by atoms with Crippen LogP contribution in [0.2, 0.25) is 0 Å². The molecule has 1 saturated carbocycles. The van der Waals surface area contributed by atoms with Crippen LogP contribution in [0, 0.1) is 11.3 Å². The van der Waals surface area contributed by atoms with E-state index >= 15 is 0 Å². The zero-order valence-electron chi connectivity index (χ0n) is 12.8. The van der Waals surface area contributed by atoms with Crippen molar-refractivity contribution in [3.63, 3.8) is 0 Å². The number of ether oxygens (including phenoxy) is 1. The fourth-order valence-corrected chi connectivity index (χ4v) is 3.51. The van der Waals surface area contributed by atoms with Crippen molar-refractivity contribution in [1.82, 2.24) is 5.43 Å². The van der Waals surface area contributed by atoms with Crippen molar-refractivity contribution in [2.75, 3.05) is 7.11 Å². The minimum absolute atomic E-state index is 0.0516. The molecule has 4 nitrogen and oxygen atoms in total. The standard InChI is InChI=1S/C17H22N2O2/c1-17(2)9-14-16(15(20)10-17)13(18-19-14)8-11-5-4-6-12(7-11)21-3/h4-7,14,16,19H,8-10H2,1-3H3/t14-,16-/m0/s1. The van der Waals surface area contributed by atoms with E-state index in [4.69, 9.17) is 4.74 Å². The zero-order chi connectivity index (χ0) is 15.0. The molecule has 1 aromatic carbocycles. The fourth-order valence-electron chi connectivity index (χ4n) is 3.51. The zero-order valence-corrected chi connectivity index (χ0v) is 12.8. The van der Waals surface area contributed by atoms with E-state index in [0.29, 0.717) is 18.6 Å². The highest BCUT2D eigenvalue weighted by atomic mass is 16.5. The van der Waals surface area contributed by atoms with E-state index in [-0.39, 0.29) is 17.4 Å². The summed E-state index contributed by atoms with van der Waals surface area (Å²) in [5.74, 6) is 1.11. The summed E-state index contributed by atoms with van der Waals surface area (Å²) in [5, 5.41) is 4.45. The number of rotatable bonds is 3. The van der Waals surface area contributed by atoms with Gasteiger partial charge in [-0.15, -0.1) is 0 Å². The quantitative estimate of drug-likeness (QED) is 0.929. The third-order valence-electron chi connectivity index (χ3n) is 4.43. The molecule has 1 fully saturated rings. The number of hydrogen-bond acceptors (Lipinski definition) is 4. The summed E-state index contributed by atoms with van der Waals surface area (Å²) in [7, 11) is 1.66. The number of carbonyl (C=O) groups excluding carboxylic acids is 1. The molecule has 3 rings (SSSR count). The lowest BCUT2D eigenvalue weighted by Gasteiger charge is -2.36. The van der Waals surface area contributed by atoms with Crippen LogP contribution in [-0.4, -0.2) is 24.6 Å². The van der Waals surface area contributed by atoms with Gasteiger partial charge in [-0.2, -0.15) is 5.10 Å². The SMILES string of the molecule is COc1cccc(CC2=NN[C@H]3CC(C)(C)CC(=O)[C@@H]23)c1. The van der Waals surface area contributed by atoms with Crippen molar-refractivity contribution < 1.29 is 9.53 Å². The Bertz CT molecular complexity index is 592. The lowest BCUT2D eigenvalue weighted by molar-refractivity contribution is -0.126. The van der Waals surface area contributed by atoms with Gasteiger partial charge in [-0.25, -0.2) is 0 Å². The van der Waals surface area contributed by atoms with Crippen molar-refractivity contribution >= 4 is 11.5 Å². The maximum absolute atomic E-state index is 12.5. The van der Waals surface area contributed by atoms with Gasteiger partial charge in [-0.05, 0) is 29.5 Å². The van der Waals surface area contributed by atoms with Gasteiger partial charge < -0.3 is 10.2 Å². The topological polar surface area (TPSA) is 50.7 Å².